The summed E-state index contributed by atoms with van der Waals surface area (Å²) in [7, 11) is 0. The maximum absolute atomic E-state index is 11.2. The maximum atomic E-state index is 11.2. The lowest BCUT2D eigenvalue weighted by Crippen LogP contribution is -2.23. The van der Waals surface area contributed by atoms with E-state index in [2.05, 4.69) is 21.7 Å². The fraction of sp³-hybridized carbons (Fsp3) is 0.250. The number of amides is 1. The van der Waals surface area contributed by atoms with E-state index in [1.54, 1.807) is 6.07 Å². The smallest absolute Gasteiger partial charge is 0.284 e. The fourth-order valence-corrected chi connectivity index (χ4v) is 3.72. The van der Waals surface area contributed by atoms with Crippen LogP contribution in [0.5, 0.6) is 0 Å². The van der Waals surface area contributed by atoms with Gasteiger partial charge in [0.05, 0.1) is 11.6 Å². The molecule has 0 saturated carbocycles. The third kappa shape index (κ3) is 4.87. The molecule has 7 heteroatoms. The van der Waals surface area contributed by atoms with Gasteiger partial charge in [-0.2, -0.15) is 5.26 Å². The molecule has 0 unspecified atom stereocenters. The van der Waals surface area contributed by atoms with Gasteiger partial charge in [0.2, 0.25) is 0 Å². The van der Waals surface area contributed by atoms with E-state index < -0.39 is 5.91 Å². The summed E-state index contributed by atoms with van der Waals surface area (Å²) in [5.74, 6) is -0.390. The number of aryl methyl sites for hydroxylation is 1. The molecule has 4 rings (SSSR count). The predicted octanol–water partition coefficient (Wildman–Crippen LogP) is 3.91. The van der Waals surface area contributed by atoms with Crippen molar-refractivity contribution in [2.24, 2.45) is 5.73 Å². The lowest BCUT2D eigenvalue weighted by atomic mass is 10.1. The number of carbonyl (C=O) groups is 1. The molecule has 2 aromatic heterocycles. The second-order valence-electron chi connectivity index (χ2n) is 7.55. The number of hydrogen-bond acceptors (Lipinski definition) is 5. The van der Waals surface area contributed by atoms with E-state index in [0.717, 1.165) is 60.9 Å². The summed E-state index contributed by atoms with van der Waals surface area (Å²) in [6, 6.07) is 15.3. The van der Waals surface area contributed by atoms with E-state index in [4.69, 9.17) is 15.4 Å². The number of fused-ring (bicyclic) bond motifs is 2. The monoisotopic (exact) mass is 415 g/mol. The van der Waals surface area contributed by atoms with Gasteiger partial charge in [0, 0.05) is 41.3 Å². The van der Waals surface area contributed by atoms with Crippen LogP contribution in [0.25, 0.3) is 21.9 Å². The molecule has 0 saturated heterocycles. The van der Waals surface area contributed by atoms with Crippen molar-refractivity contribution in [3.63, 3.8) is 0 Å². The van der Waals surface area contributed by atoms with Crippen LogP contribution >= 0.6 is 0 Å². The number of nitriles is 1. The topological polar surface area (TPSA) is 120 Å². The van der Waals surface area contributed by atoms with Crippen LogP contribution in [0.1, 0.15) is 34.5 Å². The molecule has 1 amide bonds. The molecule has 0 spiro atoms. The van der Waals surface area contributed by atoms with Crippen molar-refractivity contribution in [1.82, 2.24) is 10.3 Å². The fourth-order valence-electron chi connectivity index (χ4n) is 3.72. The van der Waals surface area contributed by atoms with Crippen LogP contribution in [-0.2, 0) is 6.42 Å². The minimum absolute atomic E-state index is 0.173. The Balaban J connectivity index is 1.16. The van der Waals surface area contributed by atoms with Gasteiger partial charge in [0.15, 0.2) is 5.76 Å². The Labute approximate surface area is 180 Å². The minimum atomic E-state index is -0.563. The normalized spacial score (nSPS) is 11.1. The van der Waals surface area contributed by atoms with Crippen LogP contribution in [0.4, 0.5) is 5.69 Å². The van der Waals surface area contributed by atoms with E-state index in [9.17, 15) is 4.79 Å². The number of benzene rings is 2. The van der Waals surface area contributed by atoms with Crippen LogP contribution in [-0.4, -0.2) is 30.5 Å². The summed E-state index contributed by atoms with van der Waals surface area (Å²) >= 11 is 0. The molecular formula is C24H25N5O2. The number of rotatable bonds is 10. The SMILES string of the molecule is N#Cc1ccc2[nH]cc(CCCCNCCNc3ccc4oc(C(N)=O)cc4c3)c2c1. The molecular weight excluding hydrogens is 390 g/mol. The number of hydrogen-bond donors (Lipinski definition) is 4. The number of aromatic amines is 1. The lowest BCUT2D eigenvalue weighted by Gasteiger charge is -2.08. The van der Waals surface area contributed by atoms with E-state index in [1.807, 2.05) is 42.6 Å². The molecule has 0 radical (unpaired) electrons. The molecule has 31 heavy (non-hydrogen) atoms. The summed E-state index contributed by atoms with van der Waals surface area (Å²) in [6.45, 7) is 2.61. The second kappa shape index (κ2) is 9.37. The molecule has 158 valence electrons. The number of aromatic nitrogens is 1. The Bertz CT molecular complexity index is 1250. The lowest BCUT2D eigenvalue weighted by molar-refractivity contribution is 0.0976. The molecule has 0 bridgehead atoms. The van der Waals surface area contributed by atoms with Crippen LogP contribution in [0, 0.1) is 11.3 Å². The third-order valence-electron chi connectivity index (χ3n) is 5.34. The van der Waals surface area contributed by atoms with Crippen LogP contribution in [0.15, 0.2) is 53.1 Å². The van der Waals surface area contributed by atoms with Gasteiger partial charge in [-0.1, -0.05) is 0 Å². The molecule has 2 heterocycles. The van der Waals surface area contributed by atoms with Gasteiger partial charge >= 0.3 is 0 Å². The molecule has 0 aliphatic carbocycles. The predicted molar refractivity (Wildman–Crippen MR) is 122 cm³/mol. The van der Waals surface area contributed by atoms with Gasteiger partial charge < -0.3 is 25.8 Å². The van der Waals surface area contributed by atoms with Gasteiger partial charge in [0.1, 0.15) is 5.58 Å². The van der Waals surface area contributed by atoms with Crippen molar-refractivity contribution in [2.45, 2.75) is 19.3 Å². The molecule has 0 atom stereocenters. The second-order valence-corrected chi connectivity index (χ2v) is 7.55. The molecule has 4 aromatic rings. The van der Waals surface area contributed by atoms with Gasteiger partial charge in [-0.15, -0.1) is 0 Å². The molecule has 2 aromatic carbocycles. The Hall–Kier alpha value is -3.76. The number of nitrogens with two attached hydrogens (primary N) is 1. The average molecular weight is 415 g/mol. The van der Waals surface area contributed by atoms with Crippen molar-refractivity contribution in [2.75, 3.05) is 25.0 Å². The number of carbonyl (C=O) groups excluding carboxylic acids is 1. The van der Waals surface area contributed by atoms with Gasteiger partial charge in [-0.25, -0.2) is 0 Å². The third-order valence-corrected chi connectivity index (χ3v) is 5.34. The van der Waals surface area contributed by atoms with E-state index in [1.165, 1.54) is 5.56 Å². The molecule has 0 aliphatic heterocycles. The van der Waals surface area contributed by atoms with E-state index in [0.29, 0.717) is 11.1 Å². The number of nitrogens with one attached hydrogen (secondary N) is 3. The van der Waals surface area contributed by atoms with Crippen LogP contribution < -0.4 is 16.4 Å². The highest BCUT2D eigenvalue weighted by molar-refractivity contribution is 5.95. The molecule has 0 aliphatic rings. The first kappa shape index (κ1) is 20.5. The zero-order valence-corrected chi connectivity index (χ0v) is 17.2. The van der Waals surface area contributed by atoms with Gasteiger partial charge in [-0.3, -0.25) is 4.79 Å². The van der Waals surface area contributed by atoms with Crippen molar-refractivity contribution >= 4 is 33.5 Å². The Morgan fingerprint density at radius 3 is 2.84 bits per heavy atom. The Morgan fingerprint density at radius 1 is 1.10 bits per heavy atom. The molecule has 0 fully saturated rings. The summed E-state index contributed by atoms with van der Waals surface area (Å²) in [5, 5.41) is 17.9. The van der Waals surface area contributed by atoms with Crippen LogP contribution in [0.3, 0.4) is 0 Å². The maximum Gasteiger partial charge on any atom is 0.284 e. The highest BCUT2D eigenvalue weighted by Crippen LogP contribution is 2.23. The van der Waals surface area contributed by atoms with Crippen molar-refractivity contribution < 1.29 is 9.21 Å². The number of furan rings is 1. The quantitative estimate of drug-likeness (QED) is 0.293. The summed E-state index contributed by atoms with van der Waals surface area (Å²) in [6.07, 6.45) is 5.21. The standard InChI is InChI=1S/C24H25N5O2/c25-14-16-4-6-21-20(11-16)17(15-29-21)3-1-2-8-27-9-10-28-19-5-7-22-18(12-19)13-23(31-22)24(26)30/h4-7,11-13,15,27-29H,1-3,8-10H2,(H2,26,30). The average Bonchev–Trinajstić information content (AvgIpc) is 3.39. The first-order valence-electron chi connectivity index (χ1n) is 10.4. The highest BCUT2D eigenvalue weighted by atomic mass is 16.3. The Kier molecular flexibility index (Phi) is 6.20. The van der Waals surface area contributed by atoms with Crippen molar-refractivity contribution in [3.05, 3.63) is 65.5 Å². The minimum Gasteiger partial charge on any atom is -0.451 e. The summed E-state index contributed by atoms with van der Waals surface area (Å²) in [4.78, 5) is 14.5. The number of anilines is 1. The summed E-state index contributed by atoms with van der Waals surface area (Å²) < 4.78 is 5.40. The van der Waals surface area contributed by atoms with E-state index in [-0.39, 0.29) is 5.76 Å². The zero-order chi connectivity index (χ0) is 21.6. The highest BCUT2D eigenvalue weighted by Gasteiger charge is 2.09. The van der Waals surface area contributed by atoms with Crippen molar-refractivity contribution in [3.8, 4) is 6.07 Å². The molecule has 5 N–H and O–H groups in total. The van der Waals surface area contributed by atoms with Gasteiger partial charge in [0.25, 0.3) is 5.91 Å². The number of nitrogens with zero attached hydrogens (tertiary/aromatic N) is 1. The van der Waals surface area contributed by atoms with Crippen molar-refractivity contribution in [1.29, 1.82) is 5.26 Å². The van der Waals surface area contributed by atoms with Crippen LogP contribution in [0.2, 0.25) is 0 Å². The zero-order valence-electron chi connectivity index (χ0n) is 17.2. The first-order chi connectivity index (χ1) is 15.1. The largest absolute Gasteiger partial charge is 0.451 e. The first-order valence-corrected chi connectivity index (χ1v) is 10.4. The van der Waals surface area contributed by atoms with Gasteiger partial charge in [-0.05, 0) is 73.8 Å². The van der Waals surface area contributed by atoms with E-state index >= 15 is 0 Å². The Morgan fingerprint density at radius 2 is 2.00 bits per heavy atom. The molecule has 7 nitrogen and oxygen atoms in total. The number of H-pyrrole nitrogens is 1. The summed E-state index contributed by atoms with van der Waals surface area (Å²) in [5.41, 5.74) is 9.93. The number of unbranched alkanes of at least 4 members (excludes halogenated alkanes) is 1. The number of primary amides is 1.